The minimum Gasteiger partial charge on any atom is -0.325 e. The maximum atomic E-state index is 12.9. The normalized spacial score (nSPS) is 11.5. The van der Waals surface area contributed by atoms with E-state index in [1.165, 1.54) is 6.07 Å². The van der Waals surface area contributed by atoms with Gasteiger partial charge >= 0.3 is 6.18 Å². The van der Waals surface area contributed by atoms with Crippen molar-refractivity contribution in [3.05, 3.63) is 53.3 Å². The van der Waals surface area contributed by atoms with Gasteiger partial charge in [-0.2, -0.15) is 13.2 Å². The molecule has 1 aromatic carbocycles. The second-order valence-corrected chi connectivity index (χ2v) is 7.17. The molecule has 3 rings (SSSR count). The van der Waals surface area contributed by atoms with Crippen molar-refractivity contribution in [3.8, 4) is 11.4 Å². The molecule has 1 N–H and O–H groups in total. The molecule has 2 aromatic heterocycles. The second kappa shape index (κ2) is 8.83. The smallest absolute Gasteiger partial charge is 0.325 e. The number of nitrogens with zero attached hydrogens (tertiary/aromatic N) is 4. The van der Waals surface area contributed by atoms with Crippen LogP contribution in [0.1, 0.15) is 12.5 Å². The van der Waals surface area contributed by atoms with Crippen LogP contribution >= 0.6 is 23.4 Å². The summed E-state index contributed by atoms with van der Waals surface area (Å²) in [5.41, 5.74) is -0.148. The highest BCUT2D eigenvalue weighted by atomic mass is 35.5. The van der Waals surface area contributed by atoms with Gasteiger partial charge < -0.3 is 9.88 Å². The van der Waals surface area contributed by atoms with Crippen LogP contribution in [0.4, 0.5) is 18.9 Å². The van der Waals surface area contributed by atoms with Crippen LogP contribution in [0, 0.1) is 0 Å². The lowest BCUT2D eigenvalue weighted by Crippen LogP contribution is -2.15. The maximum Gasteiger partial charge on any atom is 0.417 e. The van der Waals surface area contributed by atoms with Gasteiger partial charge in [0.1, 0.15) is 0 Å². The van der Waals surface area contributed by atoms with Gasteiger partial charge in [0.05, 0.1) is 16.3 Å². The number of thioether (sulfide) groups is 1. The molecule has 0 radical (unpaired) electrons. The Morgan fingerprint density at radius 3 is 2.59 bits per heavy atom. The third kappa shape index (κ3) is 5.07. The van der Waals surface area contributed by atoms with Crippen molar-refractivity contribution in [1.82, 2.24) is 19.7 Å². The van der Waals surface area contributed by atoms with Gasteiger partial charge in [0, 0.05) is 30.2 Å². The zero-order chi connectivity index (χ0) is 21.0. The topological polar surface area (TPSA) is 72.7 Å². The van der Waals surface area contributed by atoms with Gasteiger partial charge in [-0.25, -0.2) is 0 Å². The van der Waals surface area contributed by atoms with Crippen molar-refractivity contribution in [2.24, 2.45) is 0 Å². The number of pyridine rings is 1. The Bertz CT molecular complexity index is 1010. The molecule has 6 nitrogen and oxygen atoms in total. The molecule has 152 valence electrons. The summed E-state index contributed by atoms with van der Waals surface area (Å²) in [6.07, 6.45) is -1.31. The standard InChI is InChI=1S/C18H15ClF3N5OS/c1-2-27-16(11-5-7-23-8-6-11)25-26-17(27)29-10-15(28)24-12-3-4-14(19)13(9-12)18(20,21)22/h3-9H,2,10H2,1H3,(H,24,28). The lowest BCUT2D eigenvalue weighted by atomic mass is 10.2. The van der Waals surface area contributed by atoms with E-state index in [1.54, 1.807) is 24.5 Å². The van der Waals surface area contributed by atoms with Crippen molar-refractivity contribution >= 4 is 35.0 Å². The number of alkyl halides is 3. The number of hydrogen-bond donors (Lipinski definition) is 1. The zero-order valence-electron chi connectivity index (χ0n) is 15.1. The quantitative estimate of drug-likeness (QED) is 0.558. The summed E-state index contributed by atoms with van der Waals surface area (Å²) in [5.74, 6) is 0.130. The lowest BCUT2D eigenvalue weighted by Gasteiger charge is -2.12. The van der Waals surface area contributed by atoms with Crippen LogP contribution in [0.3, 0.4) is 0 Å². The zero-order valence-corrected chi connectivity index (χ0v) is 16.6. The molecule has 0 saturated heterocycles. The molecule has 11 heteroatoms. The molecule has 0 atom stereocenters. The number of benzene rings is 1. The SMILES string of the molecule is CCn1c(SCC(=O)Nc2ccc(Cl)c(C(F)(F)F)c2)nnc1-c1ccncc1. The van der Waals surface area contributed by atoms with Crippen LogP contribution in [0.5, 0.6) is 0 Å². The number of halogens is 4. The fraction of sp³-hybridized carbons (Fsp3) is 0.222. The van der Waals surface area contributed by atoms with Gasteiger partial charge in [0.2, 0.25) is 5.91 Å². The predicted molar refractivity (Wildman–Crippen MR) is 105 cm³/mol. The van der Waals surface area contributed by atoms with Crippen LogP contribution in [-0.4, -0.2) is 31.4 Å². The molecule has 0 bridgehead atoms. The third-order valence-electron chi connectivity index (χ3n) is 3.86. The van der Waals surface area contributed by atoms with Gasteiger partial charge in [0.15, 0.2) is 11.0 Å². The van der Waals surface area contributed by atoms with E-state index < -0.39 is 22.7 Å². The lowest BCUT2D eigenvalue weighted by molar-refractivity contribution is -0.137. The highest BCUT2D eigenvalue weighted by Crippen LogP contribution is 2.36. The molecule has 29 heavy (non-hydrogen) atoms. The van der Waals surface area contributed by atoms with Crippen LogP contribution in [0.25, 0.3) is 11.4 Å². The molecular formula is C18H15ClF3N5OS. The average Bonchev–Trinajstić information content (AvgIpc) is 3.10. The minimum absolute atomic E-state index is 0.0155. The Kier molecular flexibility index (Phi) is 6.43. The van der Waals surface area contributed by atoms with Crippen molar-refractivity contribution in [1.29, 1.82) is 0 Å². The second-order valence-electron chi connectivity index (χ2n) is 5.82. The minimum atomic E-state index is -4.60. The number of nitrogens with one attached hydrogen (secondary N) is 1. The summed E-state index contributed by atoms with van der Waals surface area (Å²) < 4.78 is 40.7. The highest BCUT2D eigenvalue weighted by Gasteiger charge is 2.33. The first-order valence-corrected chi connectivity index (χ1v) is 9.79. The van der Waals surface area contributed by atoms with E-state index in [9.17, 15) is 18.0 Å². The molecule has 2 heterocycles. The number of aromatic nitrogens is 4. The van der Waals surface area contributed by atoms with Gasteiger partial charge in [-0.1, -0.05) is 23.4 Å². The number of carbonyl (C=O) groups excluding carboxylic acids is 1. The maximum absolute atomic E-state index is 12.9. The van der Waals surface area contributed by atoms with Gasteiger partial charge in [0.25, 0.3) is 0 Å². The summed E-state index contributed by atoms with van der Waals surface area (Å²) >= 11 is 6.73. The Labute approximate surface area is 173 Å². The van der Waals surface area contributed by atoms with Crippen molar-refractivity contribution in [2.45, 2.75) is 24.8 Å². The largest absolute Gasteiger partial charge is 0.417 e. The van der Waals surface area contributed by atoms with Gasteiger partial charge in [-0.05, 0) is 37.3 Å². The van der Waals surface area contributed by atoms with E-state index in [2.05, 4.69) is 20.5 Å². The Hall–Kier alpha value is -2.59. The van der Waals surface area contributed by atoms with Crippen LogP contribution in [0.15, 0.2) is 47.9 Å². The number of amides is 1. The molecule has 0 saturated carbocycles. The Morgan fingerprint density at radius 1 is 1.21 bits per heavy atom. The third-order valence-corrected chi connectivity index (χ3v) is 5.16. The van der Waals surface area contributed by atoms with Crippen LogP contribution in [0.2, 0.25) is 5.02 Å². The predicted octanol–water partition coefficient (Wildman–Crippen LogP) is 4.76. The van der Waals surface area contributed by atoms with Gasteiger partial charge in [-0.3, -0.25) is 9.78 Å². The molecule has 0 aliphatic heterocycles. The summed E-state index contributed by atoms with van der Waals surface area (Å²) in [6, 6.07) is 6.82. The summed E-state index contributed by atoms with van der Waals surface area (Å²) in [7, 11) is 0. The van der Waals surface area contributed by atoms with E-state index in [0.717, 1.165) is 29.5 Å². The van der Waals surface area contributed by atoms with Crippen LogP contribution in [-0.2, 0) is 17.5 Å². The first-order valence-electron chi connectivity index (χ1n) is 8.42. The van der Waals surface area contributed by atoms with E-state index >= 15 is 0 Å². The molecule has 0 aliphatic rings. The Balaban J connectivity index is 1.68. The van der Waals surface area contributed by atoms with Crippen molar-refractivity contribution < 1.29 is 18.0 Å². The summed E-state index contributed by atoms with van der Waals surface area (Å²) in [6.45, 7) is 2.51. The number of hydrogen-bond acceptors (Lipinski definition) is 5. The highest BCUT2D eigenvalue weighted by molar-refractivity contribution is 7.99. The number of anilines is 1. The summed E-state index contributed by atoms with van der Waals surface area (Å²) in [4.78, 5) is 16.2. The van der Waals surface area contributed by atoms with Crippen molar-refractivity contribution in [3.63, 3.8) is 0 Å². The van der Waals surface area contributed by atoms with E-state index in [4.69, 9.17) is 11.6 Å². The first-order chi connectivity index (χ1) is 13.8. The van der Waals surface area contributed by atoms with E-state index in [1.807, 2.05) is 11.5 Å². The molecule has 1 amide bonds. The molecule has 0 fully saturated rings. The fourth-order valence-electron chi connectivity index (χ4n) is 2.54. The fourth-order valence-corrected chi connectivity index (χ4v) is 3.57. The first kappa shape index (κ1) is 21.1. The monoisotopic (exact) mass is 441 g/mol. The van der Waals surface area contributed by atoms with Crippen molar-refractivity contribution in [2.75, 3.05) is 11.1 Å². The molecule has 0 unspecified atom stereocenters. The summed E-state index contributed by atoms with van der Waals surface area (Å²) in [5, 5.41) is 10.8. The van der Waals surface area contributed by atoms with Gasteiger partial charge in [-0.15, -0.1) is 10.2 Å². The number of carbonyl (C=O) groups is 1. The molecular weight excluding hydrogens is 427 g/mol. The number of rotatable bonds is 6. The Morgan fingerprint density at radius 2 is 1.93 bits per heavy atom. The molecule has 0 spiro atoms. The average molecular weight is 442 g/mol. The molecule has 3 aromatic rings. The van der Waals surface area contributed by atoms with Crippen LogP contribution < -0.4 is 5.32 Å². The molecule has 0 aliphatic carbocycles. The van der Waals surface area contributed by atoms with E-state index in [-0.39, 0.29) is 11.4 Å². The van der Waals surface area contributed by atoms with E-state index in [0.29, 0.717) is 17.5 Å².